The Bertz CT molecular complexity index is 864. The highest BCUT2D eigenvalue weighted by Crippen LogP contribution is 2.23. The Morgan fingerprint density at radius 3 is 2.71 bits per heavy atom. The van der Waals surface area contributed by atoms with Crippen molar-refractivity contribution in [3.63, 3.8) is 0 Å². The average molecular weight is 285 g/mol. The van der Waals surface area contributed by atoms with Crippen molar-refractivity contribution in [1.82, 2.24) is 14.3 Å². The summed E-state index contributed by atoms with van der Waals surface area (Å²) in [5.41, 5.74) is 2.23. The van der Waals surface area contributed by atoms with E-state index >= 15 is 0 Å². The molecule has 0 aliphatic heterocycles. The first-order valence-corrected chi connectivity index (χ1v) is 6.61. The molecule has 3 aromatic rings. The molecule has 0 spiro atoms. The van der Waals surface area contributed by atoms with Crippen LogP contribution in [0.4, 0.5) is 0 Å². The van der Waals surface area contributed by atoms with Gasteiger partial charge < -0.3 is 14.9 Å². The van der Waals surface area contributed by atoms with Crippen molar-refractivity contribution in [2.75, 3.05) is 6.61 Å². The van der Waals surface area contributed by atoms with Crippen LogP contribution >= 0.6 is 0 Å². The summed E-state index contributed by atoms with van der Waals surface area (Å²) in [5.74, 6) is 0.283. The fourth-order valence-electron chi connectivity index (χ4n) is 2.42. The van der Waals surface area contributed by atoms with Crippen LogP contribution in [0.2, 0.25) is 0 Å². The number of aryl methyl sites for hydroxylation is 1. The smallest absolute Gasteiger partial charge is 0.251 e. The highest BCUT2D eigenvalue weighted by molar-refractivity contribution is 5.79. The van der Waals surface area contributed by atoms with Gasteiger partial charge in [-0.05, 0) is 30.7 Å². The number of pyridine rings is 1. The molecule has 2 N–H and O–H groups in total. The molecule has 0 amide bonds. The number of hydrogen-bond acceptors (Lipinski definition) is 4. The van der Waals surface area contributed by atoms with Gasteiger partial charge in [0, 0.05) is 12.6 Å². The molecule has 0 fully saturated rings. The Morgan fingerprint density at radius 2 is 2.00 bits per heavy atom. The molecule has 0 radical (unpaired) electrons. The summed E-state index contributed by atoms with van der Waals surface area (Å²) >= 11 is 0. The Balaban J connectivity index is 2.32. The van der Waals surface area contributed by atoms with Gasteiger partial charge in [0.1, 0.15) is 5.52 Å². The van der Waals surface area contributed by atoms with Gasteiger partial charge in [0.2, 0.25) is 0 Å². The van der Waals surface area contributed by atoms with E-state index in [4.69, 9.17) is 5.11 Å². The van der Waals surface area contributed by atoms with Crippen molar-refractivity contribution in [2.24, 2.45) is 0 Å². The van der Waals surface area contributed by atoms with Gasteiger partial charge in [0.15, 0.2) is 5.82 Å². The van der Waals surface area contributed by atoms with Crippen molar-refractivity contribution >= 4 is 11.0 Å². The van der Waals surface area contributed by atoms with Crippen molar-refractivity contribution < 1.29 is 10.3 Å². The number of para-hydroxylation sites is 2. The molecule has 6 heteroatoms. The molecular formula is C15H15N3O3. The lowest BCUT2D eigenvalue weighted by Crippen LogP contribution is -2.23. The minimum Gasteiger partial charge on any atom is -0.426 e. The fourth-order valence-corrected chi connectivity index (χ4v) is 2.42. The maximum absolute atomic E-state index is 12.1. The number of fused-ring (bicyclic) bond motifs is 1. The summed E-state index contributed by atoms with van der Waals surface area (Å²) in [6.07, 6.45) is 0. The minimum absolute atomic E-state index is 0.150. The lowest BCUT2D eigenvalue weighted by molar-refractivity contribution is 0.202. The van der Waals surface area contributed by atoms with Crippen LogP contribution in [0, 0.1) is 6.92 Å². The molecule has 1 aromatic carbocycles. The number of rotatable bonds is 3. The maximum Gasteiger partial charge on any atom is 0.251 e. The van der Waals surface area contributed by atoms with E-state index in [2.05, 4.69) is 4.98 Å². The highest BCUT2D eigenvalue weighted by Gasteiger charge is 2.16. The molecule has 21 heavy (non-hydrogen) atoms. The summed E-state index contributed by atoms with van der Waals surface area (Å²) in [7, 11) is 0. The van der Waals surface area contributed by atoms with Crippen molar-refractivity contribution in [3.05, 3.63) is 52.3 Å². The van der Waals surface area contributed by atoms with Gasteiger partial charge in [-0.15, -0.1) is 0 Å². The Hall–Kier alpha value is -2.60. The number of aliphatic hydroxyl groups is 1. The summed E-state index contributed by atoms with van der Waals surface area (Å²) in [6.45, 7) is 1.79. The zero-order valence-electron chi connectivity index (χ0n) is 11.5. The Kier molecular flexibility index (Phi) is 3.23. The molecule has 2 aromatic heterocycles. The van der Waals surface area contributed by atoms with Gasteiger partial charge in [-0.1, -0.05) is 12.1 Å². The van der Waals surface area contributed by atoms with E-state index in [-0.39, 0.29) is 24.5 Å². The van der Waals surface area contributed by atoms with Crippen molar-refractivity contribution in [2.45, 2.75) is 13.5 Å². The molecule has 0 saturated heterocycles. The zero-order chi connectivity index (χ0) is 15.0. The molecule has 0 atom stereocenters. The van der Waals surface area contributed by atoms with Crippen LogP contribution in [0.5, 0.6) is 0 Å². The lowest BCUT2D eigenvalue weighted by Gasteiger charge is -2.11. The van der Waals surface area contributed by atoms with E-state index in [1.54, 1.807) is 31.2 Å². The van der Waals surface area contributed by atoms with Gasteiger partial charge in [-0.3, -0.25) is 4.79 Å². The first-order chi connectivity index (χ1) is 10.1. The summed E-state index contributed by atoms with van der Waals surface area (Å²) in [4.78, 5) is 16.5. The second kappa shape index (κ2) is 5.06. The van der Waals surface area contributed by atoms with Gasteiger partial charge in [0.05, 0.1) is 17.8 Å². The molecule has 0 unspecified atom stereocenters. The lowest BCUT2D eigenvalue weighted by atomic mass is 10.2. The van der Waals surface area contributed by atoms with Crippen LogP contribution in [0.25, 0.3) is 22.6 Å². The number of hydrogen-bond donors (Lipinski definition) is 2. The minimum atomic E-state index is -0.230. The molecule has 0 bridgehead atoms. The largest absolute Gasteiger partial charge is 0.426 e. The van der Waals surface area contributed by atoms with Crippen LogP contribution < -0.4 is 5.56 Å². The van der Waals surface area contributed by atoms with E-state index in [1.807, 2.05) is 6.07 Å². The summed E-state index contributed by atoms with van der Waals surface area (Å²) in [6, 6.07) is 10.4. The number of benzene rings is 1. The van der Waals surface area contributed by atoms with Crippen LogP contribution in [0.1, 0.15) is 5.56 Å². The van der Waals surface area contributed by atoms with Crippen LogP contribution in [-0.4, -0.2) is 31.2 Å². The topological polar surface area (TPSA) is 80.3 Å². The summed E-state index contributed by atoms with van der Waals surface area (Å²) < 4.78 is 2.37. The quantitative estimate of drug-likeness (QED) is 0.713. The monoisotopic (exact) mass is 285 g/mol. The Morgan fingerprint density at radius 1 is 1.24 bits per heavy atom. The number of nitrogens with zero attached hydrogens (tertiary/aromatic N) is 3. The third kappa shape index (κ3) is 2.19. The van der Waals surface area contributed by atoms with Crippen molar-refractivity contribution in [1.29, 1.82) is 0 Å². The average Bonchev–Trinajstić information content (AvgIpc) is 2.79. The van der Waals surface area contributed by atoms with Gasteiger partial charge in [0.25, 0.3) is 5.56 Å². The van der Waals surface area contributed by atoms with E-state index < -0.39 is 0 Å². The number of imidazole rings is 1. The second-order valence-electron chi connectivity index (χ2n) is 4.87. The van der Waals surface area contributed by atoms with Gasteiger partial charge >= 0.3 is 0 Å². The number of aromatic nitrogens is 3. The van der Waals surface area contributed by atoms with Crippen LogP contribution in [0.15, 0.2) is 41.2 Å². The molecule has 0 saturated carbocycles. The maximum atomic E-state index is 12.1. The molecule has 3 rings (SSSR count). The fraction of sp³-hybridized carbons (Fsp3) is 0.200. The van der Waals surface area contributed by atoms with Crippen LogP contribution in [0.3, 0.4) is 0 Å². The molecule has 6 nitrogen and oxygen atoms in total. The standard InChI is InChI=1S/C15H15N3O3/c1-10-8-13(17(6-7-19)14(20)9-10)15-16-11-4-2-3-5-12(11)18(15)21/h2-5,8-9,19,21H,6-7H2,1H3. The highest BCUT2D eigenvalue weighted by atomic mass is 16.5. The zero-order valence-corrected chi connectivity index (χ0v) is 11.5. The van der Waals surface area contributed by atoms with Gasteiger partial charge in [-0.2, -0.15) is 4.73 Å². The van der Waals surface area contributed by atoms with E-state index in [9.17, 15) is 10.0 Å². The van der Waals surface area contributed by atoms with Crippen molar-refractivity contribution in [3.8, 4) is 11.5 Å². The van der Waals surface area contributed by atoms with Crippen LogP contribution in [-0.2, 0) is 6.54 Å². The third-order valence-corrected chi connectivity index (χ3v) is 3.36. The molecule has 108 valence electrons. The number of aliphatic hydroxyl groups excluding tert-OH is 1. The molecular weight excluding hydrogens is 270 g/mol. The normalized spacial score (nSPS) is 11.1. The Labute approximate surface area is 120 Å². The SMILES string of the molecule is Cc1cc(-c2nc3ccccc3n2O)n(CCO)c(=O)c1. The van der Waals surface area contributed by atoms with Gasteiger partial charge in [-0.25, -0.2) is 4.98 Å². The molecule has 0 aliphatic carbocycles. The first kappa shape index (κ1) is 13.4. The molecule has 2 heterocycles. The third-order valence-electron chi connectivity index (χ3n) is 3.36. The second-order valence-corrected chi connectivity index (χ2v) is 4.87. The predicted octanol–water partition coefficient (Wildman–Crippen LogP) is 1.40. The molecule has 0 aliphatic rings. The van der Waals surface area contributed by atoms with E-state index in [1.165, 1.54) is 10.6 Å². The van der Waals surface area contributed by atoms with E-state index in [0.29, 0.717) is 16.7 Å². The first-order valence-electron chi connectivity index (χ1n) is 6.61. The predicted molar refractivity (Wildman–Crippen MR) is 78.4 cm³/mol. The van der Waals surface area contributed by atoms with E-state index in [0.717, 1.165) is 10.3 Å². The summed E-state index contributed by atoms with van der Waals surface area (Å²) in [5, 5.41) is 19.4.